The first-order chi connectivity index (χ1) is 15.9. The van der Waals surface area contributed by atoms with Crippen LogP contribution < -0.4 is 10.1 Å². The van der Waals surface area contributed by atoms with E-state index in [-0.39, 0.29) is 12.4 Å². The molecule has 0 spiro atoms. The number of ether oxygens (including phenoxy) is 1. The number of carboxylic acid groups (broad SMARTS) is 1. The van der Waals surface area contributed by atoms with Crippen molar-refractivity contribution in [3.05, 3.63) is 41.3 Å². The molecule has 2 N–H and O–H groups in total. The molecule has 0 amide bonds. The van der Waals surface area contributed by atoms with Gasteiger partial charge in [0, 0.05) is 43.4 Å². The number of anilines is 1. The minimum Gasteiger partial charge on any atom is -0.481 e. The van der Waals surface area contributed by atoms with Gasteiger partial charge < -0.3 is 15.2 Å². The fourth-order valence-electron chi connectivity index (χ4n) is 4.08. The van der Waals surface area contributed by atoms with Gasteiger partial charge in [-0.25, -0.2) is 23.7 Å². The van der Waals surface area contributed by atoms with E-state index in [2.05, 4.69) is 26.3 Å². The second kappa shape index (κ2) is 11.9. The third-order valence-electron chi connectivity index (χ3n) is 5.79. The van der Waals surface area contributed by atoms with Crippen LogP contribution in [0.25, 0.3) is 0 Å². The van der Waals surface area contributed by atoms with Crippen LogP contribution in [0, 0.1) is 0 Å². The zero-order chi connectivity index (χ0) is 23.7. The molecule has 1 aliphatic rings. The first-order valence-electron chi connectivity index (χ1n) is 11.6. The van der Waals surface area contributed by atoms with Gasteiger partial charge in [-0.1, -0.05) is 6.07 Å². The Labute approximate surface area is 193 Å². The van der Waals surface area contributed by atoms with Gasteiger partial charge in [-0.15, -0.1) is 0 Å². The fraction of sp³-hybridized carbons (Fsp3) is 0.583. The average Bonchev–Trinajstić information content (AvgIpc) is 3.02. The van der Waals surface area contributed by atoms with Crippen molar-refractivity contribution in [3.63, 3.8) is 0 Å². The summed E-state index contributed by atoms with van der Waals surface area (Å²) in [5, 5.41) is 12.5. The van der Waals surface area contributed by atoms with Crippen molar-refractivity contribution in [3.8, 4) is 6.01 Å². The summed E-state index contributed by atoms with van der Waals surface area (Å²) in [6, 6.07) is 4.21. The number of alkyl halides is 2. The predicted octanol–water partition coefficient (Wildman–Crippen LogP) is 5.02. The molecule has 33 heavy (non-hydrogen) atoms. The molecule has 2 aromatic heterocycles. The number of hydrogen-bond donors (Lipinski definition) is 2. The van der Waals surface area contributed by atoms with Gasteiger partial charge in [0.15, 0.2) is 0 Å². The van der Waals surface area contributed by atoms with E-state index in [1.165, 1.54) is 18.0 Å². The van der Waals surface area contributed by atoms with E-state index in [1.807, 2.05) is 6.07 Å². The number of halogens is 2. The van der Waals surface area contributed by atoms with Crippen molar-refractivity contribution in [2.75, 3.05) is 18.5 Å². The lowest BCUT2D eigenvalue weighted by Crippen LogP contribution is -2.22. The Kier molecular flexibility index (Phi) is 8.91. The molecule has 1 atom stereocenters. The van der Waals surface area contributed by atoms with Gasteiger partial charge in [-0.3, -0.25) is 4.79 Å². The Hall–Kier alpha value is -2.84. The van der Waals surface area contributed by atoms with E-state index in [0.717, 1.165) is 37.3 Å². The maximum Gasteiger partial charge on any atom is 0.316 e. The number of nitrogens with one attached hydrogen (secondary N) is 1. The first-order valence-corrected chi connectivity index (χ1v) is 11.6. The molecule has 0 aliphatic carbocycles. The lowest BCUT2D eigenvalue weighted by atomic mass is 9.89. The number of aliphatic carboxylic acids is 1. The minimum absolute atomic E-state index is 0.142. The molecule has 0 aromatic carbocycles. The zero-order valence-corrected chi connectivity index (χ0v) is 19.0. The van der Waals surface area contributed by atoms with Crippen LogP contribution in [0.15, 0.2) is 24.5 Å². The summed E-state index contributed by atoms with van der Waals surface area (Å²) in [5.74, 6) is -4.07. The van der Waals surface area contributed by atoms with Gasteiger partial charge in [0.2, 0.25) is 5.92 Å². The lowest BCUT2D eigenvalue weighted by Gasteiger charge is -2.22. The smallest absolute Gasteiger partial charge is 0.316 e. The molecule has 3 rings (SSSR count). The molecule has 0 radical (unpaired) electrons. The summed E-state index contributed by atoms with van der Waals surface area (Å²) in [6.07, 6.45) is 6.32. The van der Waals surface area contributed by atoms with E-state index in [9.17, 15) is 18.7 Å². The molecule has 1 aliphatic heterocycles. The molecular formula is C24H32F2N4O3. The Morgan fingerprint density at radius 2 is 2.03 bits per heavy atom. The zero-order valence-electron chi connectivity index (χ0n) is 19.0. The fourth-order valence-corrected chi connectivity index (χ4v) is 4.08. The standard InChI is InChI=1S/C24H32F2N4O3/c1-2-33-23-28-15-19(16-29-23)18(13-21(31)32)14-24(25,26)11-5-3-8-20-10-9-17-7-4-6-12-27-22(17)30-20/h9-10,15-16,18H,2-8,11-14H2,1H3,(H,27,30)(H,31,32). The number of aromatic nitrogens is 3. The van der Waals surface area contributed by atoms with Crippen LogP contribution in [0.2, 0.25) is 0 Å². The van der Waals surface area contributed by atoms with Crippen LogP contribution in [-0.2, 0) is 17.6 Å². The van der Waals surface area contributed by atoms with Gasteiger partial charge in [0.25, 0.3) is 0 Å². The summed E-state index contributed by atoms with van der Waals surface area (Å²) in [6.45, 7) is 3.07. The first kappa shape index (κ1) is 24.8. The van der Waals surface area contributed by atoms with Gasteiger partial charge in [-0.05, 0) is 62.6 Å². The van der Waals surface area contributed by atoms with E-state index in [4.69, 9.17) is 4.74 Å². The van der Waals surface area contributed by atoms with Crippen molar-refractivity contribution in [1.29, 1.82) is 0 Å². The van der Waals surface area contributed by atoms with Crippen LogP contribution >= 0.6 is 0 Å². The second-order valence-corrected chi connectivity index (χ2v) is 8.49. The van der Waals surface area contributed by atoms with Crippen LogP contribution in [0.3, 0.4) is 0 Å². The number of carboxylic acids is 1. The molecular weight excluding hydrogens is 430 g/mol. The normalized spacial score (nSPS) is 14.6. The number of hydrogen-bond acceptors (Lipinski definition) is 6. The summed E-state index contributed by atoms with van der Waals surface area (Å²) in [7, 11) is 0. The third-order valence-corrected chi connectivity index (χ3v) is 5.79. The molecule has 7 nitrogen and oxygen atoms in total. The van der Waals surface area contributed by atoms with Gasteiger partial charge in [0.05, 0.1) is 13.0 Å². The number of aryl methyl sites for hydroxylation is 2. The van der Waals surface area contributed by atoms with E-state index < -0.39 is 30.7 Å². The van der Waals surface area contributed by atoms with E-state index >= 15 is 0 Å². The van der Waals surface area contributed by atoms with Crippen LogP contribution in [0.5, 0.6) is 6.01 Å². The van der Waals surface area contributed by atoms with Crippen LogP contribution in [0.4, 0.5) is 14.6 Å². The molecule has 0 fully saturated rings. The maximum absolute atomic E-state index is 14.7. The Bertz CT molecular complexity index is 909. The van der Waals surface area contributed by atoms with E-state index in [0.29, 0.717) is 31.4 Å². The molecule has 9 heteroatoms. The molecule has 0 saturated carbocycles. The van der Waals surface area contributed by atoms with Crippen molar-refractivity contribution in [2.24, 2.45) is 0 Å². The summed E-state index contributed by atoms with van der Waals surface area (Å²) >= 11 is 0. The third kappa shape index (κ3) is 7.91. The van der Waals surface area contributed by atoms with Gasteiger partial charge in [-0.2, -0.15) is 0 Å². The molecule has 1 unspecified atom stereocenters. The van der Waals surface area contributed by atoms with Crippen molar-refractivity contribution < 1.29 is 23.4 Å². The van der Waals surface area contributed by atoms with Gasteiger partial charge in [0.1, 0.15) is 5.82 Å². The highest BCUT2D eigenvalue weighted by molar-refractivity contribution is 5.68. The van der Waals surface area contributed by atoms with Gasteiger partial charge >= 0.3 is 12.0 Å². The maximum atomic E-state index is 14.7. The highest BCUT2D eigenvalue weighted by Gasteiger charge is 2.34. The number of nitrogens with zero attached hydrogens (tertiary/aromatic N) is 3. The van der Waals surface area contributed by atoms with Crippen molar-refractivity contribution >= 4 is 11.8 Å². The average molecular weight is 463 g/mol. The lowest BCUT2D eigenvalue weighted by molar-refractivity contribution is -0.138. The highest BCUT2D eigenvalue weighted by atomic mass is 19.3. The number of fused-ring (bicyclic) bond motifs is 1. The molecule has 180 valence electrons. The molecule has 0 bridgehead atoms. The predicted molar refractivity (Wildman–Crippen MR) is 121 cm³/mol. The number of unbranched alkanes of at least 4 members (excludes halogenated alkanes) is 1. The second-order valence-electron chi connectivity index (χ2n) is 8.49. The molecule has 3 heterocycles. The SMILES string of the molecule is CCOc1ncc(C(CC(=O)O)CC(F)(F)CCCCc2ccc3c(n2)NCCCC3)cn1. The number of pyridine rings is 1. The number of carbonyl (C=O) groups is 1. The monoisotopic (exact) mass is 462 g/mol. The summed E-state index contributed by atoms with van der Waals surface area (Å²) in [4.78, 5) is 23.9. The Morgan fingerprint density at radius 1 is 1.24 bits per heavy atom. The quantitative estimate of drug-likeness (QED) is 0.428. The molecule has 2 aromatic rings. The number of rotatable bonds is 12. The molecule has 0 saturated heterocycles. The van der Waals surface area contributed by atoms with Crippen molar-refractivity contribution in [2.45, 2.75) is 76.6 Å². The van der Waals surface area contributed by atoms with E-state index in [1.54, 1.807) is 6.92 Å². The Balaban J connectivity index is 1.52. The summed E-state index contributed by atoms with van der Waals surface area (Å²) in [5.41, 5.74) is 2.49. The Morgan fingerprint density at radius 3 is 2.76 bits per heavy atom. The highest BCUT2D eigenvalue weighted by Crippen LogP contribution is 2.36. The largest absolute Gasteiger partial charge is 0.481 e. The summed E-state index contributed by atoms with van der Waals surface area (Å²) < 4.78 is 34.6. The van der Waals surface area contributed by atoms with Crippen LogP contribution in [-0.4, -0.2) is 45.1 Å². The van der Waals surface area contributed by atoms with Crippen molar-refractivity contribution in [1.82, 2.24) is 15.0 Å². The topological polar surface area (TPSA) is 97.2 Å². The van der Waals surface area contributed by atoms with Crippen LogP contribution in [0.1, 0.15) is 74.6 Å². The minimum atomic E-state index is -2.98.